The number of nitrogens with one attached hydrogen (secondary N) is 1. The second-order valence-corrected chi connectivity index (χ2v) is 6.84. The smallest absolute Gasteiger partial charge is 0.0936 e. The normalized spacial score (nSPS) is 10.9. The molecule has 2 heteroatoms. The van der Waals surface area contributed by atoms with Crippen LogP contribution in [0.1, 0.15) is 25.5 Å². The zero-order valence-corrected chi connectivity index (χ0v) is 15.7. The molecule has 4 aromatic rings. The number of nitrogens with zero attached hydrogens (tertiary/aromatic N) is 1. The standard InChI is InChI=1S/C25H24N2/c1-2-3-15-21-18-24(27-26-21)25-22(19-11-6-4-7-12-19)16-10-17-23(25)20-13-8-5-9-14-20/h4-14,16-18H,2-3,15H2,1H3,(H,26,27). The third-order valence-electron chi connectivity index (χ3n) is 4.92. The van der Waals surface area contributed by atoms with Crippen molar-refractivity contribution in [2.45, 2.75) is 26.2 Å². The number of rotatable bonds is 6. The number of hydrogen-bond acceptors (Lipinski definition) is 1. The summed E-state index contributed by atoms with van der Waals surface area (Å²) in [6, 6.07) is 29.9. The van der Waals surface area contributed by atoms with E-state index in [1.807, 2.05) is 0 Å². The van der Waals surface area contributed by atoms with Crippen LogP contribution in [0.2, 0.25) is 0 Å². The predicted octanol–water partition coefficient (Wildman–Crippen LogP) is 6.75. The maximum absolute atomic E-state index is 4.69. The van der Waals surface area contributed by atoms with Crippen molar-refractivity contribution in [3.8, 4) is 33.5 Å². The molecule has 134 valence electrons. The molecule has 3 aromatic carbocycles. The van der Waals surface area contributed by atoms with Crippen LogP contribution in [-0.4, -0.2) is 10.2 Å². The van der Waals surface area contributed by atoms with Gasteiger partial charge in [0.15, 0.2) is 0 Å². The third-order valence-corrected chi connectivity index (χ3v) is 4.92. The molecule has 0 atom stereocenters. The molecule has 0 spiro atoms. The molecule has 0 aliphatic heterocycles. The van der Waals surface area contributed by atoms with E-state index < -0.39 is 0 Å². The minimum absolute atomic E-state index is 1.01. The van der Waals surface area contributed by atoms with Crippen LogP contribution in [0, 0.1) is 0 Å². The molecule has 0 fully saturated rings. The molecule has 1 aromatic heterocycles. The highest BCUT2D eigenvalue weighted by Gasteiger charge is 2.16. The van der Waals surface area contributed by atoms with E-state index in [1.165, 1.54) is 46.4 Å². The molecular formula is C25H24N2. The highest BCUT2D eigenvalue weighted by Crippen LogP contribution is 2.39. The van der Waals surface area contributed by atoms with Gasteiger partial charge < -0.3 is 0 Å². The summed E-state index contributed by atoms with van der Waals surface area (Å²) in [6.45, 7) is 2.22. The van der Waals surface area contributed by atoms with E-state index in [0.29, 0.717) is 0 Å². The summed E-state index contributed by atoms with van der Waals surface area (Å²) in [5, 5.41) is 7.93. The van der Waals surface area contributed by atoms with Crippen LogP contribution in [0.4, 0.5) is 0 Å². The first kappa shape index (κ1) is 17.3. The van der Waals surface area contributed by atoms with Gasteiger partial charge in [-0.2, -0.15) is 5.10 Å². The van der Waals surface area contributed by atoms with Gasteiger partial charge in [-0.05, 0) is 41.2 Å². The van der Waals surface area contributed by atoms with Crippen molar-refractivity contribution in [2.24, 2.45) is 0 Å². The molecule has 2 nitrogen and oxygen atoms in total. The summed E-state index contributed by atoms with van der Waals surface area (Å²) < 4.78 is 0. The Balaban J connectivity index is 1.90. The lowest BCUT2D eigenvalue weighted by molar-refractivity contribution is 0.772. The lowest BCUT2D eigenvalue weighted by Crippen LogP contribution is -1.90. The van der Waals surface area contributed by atoms with E-state index >= 15 is 0 Å². The van der Waals surface area contributed by atoms with Gasteiger partial charge in [0.2, 0.25) is 0 Å². The quantitative estimate of drug-likeness (QED) is 0.408. The highest BCUT2D eigenvalue weighted by atomic mass is 15.1. The van der Waals surface area contributed by atoms with Crippen LogP contribution in [0.25, 0.3) is 33.5 Å². The van der Waals surface area contributed by atoms with Crippen molar-refractivity contribution in [2.75, 3.05) is 0 Å². The fraction of sp³-hybridized carbons (Fsp3) is 0.160. The molecule has 27 heavy (non-hydrogen) atoms. The van der Waals surface area contributed by atoms with Gasteiger partial charge in [0.05, 0.1) is 5.69 Å². The molecule has 0 saturated heterocycles. The Morgan fingerprint density at radius 2 is 1.33 bits per heavy atom. The summed E-state index contributed by atoms with van der Waals surface area (Å²) in [5.74, 6) is 0. The Bertz CT molecular complexity index is 943. The van der Waals surface area contributed by atoms with Crippen molar-refractivity contribution in [1.82, 2.24) is 10.2 Å². The first-order valence-electron chi connectivity index (χ1n) is 9.65. The molecule has 1 heterocycles. The number of aryl methyl sites for hydroxylation is 1. The SMILES string of the molecule is CCCCc1cc(-c2c(-c3ccccc3)cccc2-c2ccccc2)n[nH]1. The maximum atomic E-state index is 4.69. The fourth-order valence-electron chi connectivity index (χ4n) is 3.53. The zero-order valence-electron chi connectivity index (χ0n) is 15.7. The van der Waals surface area contributed by atoms with E-state index in [1.54, 1.807) is 0 Å². The average Bonchev–Trinajstić information content (AvgIpc) is 3.21. The van der Waals surface area contributed by atoms with Gasteiger partial charge in [-0.25, -0.2) is 0 Å². The van der Waals surface area contributed by atoms with Crippen LogP contribution in [-0.2, 0) is 6.42 Å². The predicted molar refractivity (Wildman–Crippen MR) is 114 cm³/mol. The Morgan fingerprint density at radius 3 is 1.89 bits per heavy atom. The lowest BCUT2D eigenvalue weighted by atomic mass is 9.90. The van der Waals surface area contributed by atoms with Crippen molar-refractivity contribution in [3.63, 3.8) is 0 Å². The van der Waals surface area contributed by atoms with Crippen molar-refractivity contribution < 1.29 is 0 Å². The first-order valence-corrected chi connectivity index (χ1v) is 9.65. The van der Waals surface area contributed by atoms with E-state index in [2.05, 4.69) is 102 Å². The van der Waals surface area contributed by atoms with Gasteiger partial charge in [0, 0.05) is 11.3 Å². The summed E-state index contributed by atoms with van der Waals surface area (Å²) in [6.07, 6.45) is 3.40. The van der Waals surface area contributed by atoms with Gasteiger partial charge >= 0.3 is 0 Å². The Labute approximate surface area is 160 Å². The lowest BCUT2D eigenvalue weighted by Gasteiger charge is -2.14. The van der Waals surface area contributed by atoms with E-state index in [4.69, 9.17) is 0 Å². The van der Waals surface area contributed by atoms with Crippen molar-refractivity contribution in [1.29, 1.82) is 0 Å². The van der Waals surface area contributed by atoms with Gasteiger partial charge in [0.25, 0.3) is 0 Å². The topological polar surface area (TPSA) is 28.7 Å². The molecular weight excluding hydrogens is 328 g/mol. The van der Waals surface area contributed by atoms with Gasteiger partial charge in [0.1, 0.15) is 0 Å². The Morgan fingerprint density at radius 1 is 0.741 bits per heavy atom. The van der Waals surface area contributed by atoms with Gasteiger partial charge in [-0.1, -0.05) is 92.2 Å². The van der Waals surface area contributed by atoms with Crippen LogP contribution >= 0.6 is 0 Å². The number of unbranched alkanes of at least 4 members (excludes halogenated alkanes) is 1. The third kappa shape index (κ3) is 3.70. The number of benzene rings is 3. The molecule has 0 amide bonds. The van der Waals surface area contributed by atoms with E-state index in [0.717, 1.165) is 12.1 Å². The van der Waals surface area contributed by atoms with Crippen molar-refractivity contribution in [3.05, 3.63) is 90.6 Å². The molecule has 0 unspecified atom stereocenters. The minimum Gasteiger partial charge on any atom is -0.282 e. The molecule has 4 rings (SSSR count). The second-order valence-electron chi connectivity index (χ2n) is 6.84. The van der Waals surface area contributed by atoms with Crippen LogP contribution < -0.4 is 0 Å². The van der Waals surface area contributed by atoms with Gasteiger partial charge in [-0.15, -0.1) is 0 Å². The molecule has 1 N–H and O–H groups in total. The van der Waals surface area contributed by atoms with E-state index in [-0.39, 0.29) is 0 Å². The number of hydrogen-bond donors (Lipinski definition) is 1. The van der Waals surface area contributed by atoms with Crippen molar-refractivity contribution >= 4 is 0 Å². The maximum Gasteiger partial charge on any atom is 0.0936 e. The average molecular weight is 352 g/mol. The largest absolute Gasteiger partial charge is 0.282 e. The minimum atomic E-state index is 1.01. The summed E-state index contributed by atoms with van der Waals surface area (Å²) in [4.78, 5) is 0. The molecule has 0 radical (unpaired) electrons. The molecule has 0 aliphatic rings. The summed E-state index contributed by atoms with van der Waals surface area (Å²) in [7, 11) is 0. The monoisotopic (exact) mass is 352 g/mol. The van der Waals surface area contributed by atoms with Crippen LogP contribution in [0.15, 0.2) is 84.9 Å². The zero-order chi connectivity index (χ0) is 18.5. The number of aromatic nitrogens is 2. The highest BCUT2D eigenvalue weighted by molar-refractivity contribution is 5.93. The van der Waals surface area contributed by atoms with Crippen LogP contribution in [0.3, 0.4) is 0 Å². The Kier molecular flexibility index (Phi) is 5.15. The second kappa shape index (κ2) is 8.05. The summed E-state index contributed by atoms with van der Waals surface area (Å²) in [5.41, 5.74) is 8.25. The van der Waals surface area contributed by atoms with Crippen LogP contribution in [0.5, 0.6) is 0 Å². The fourth-order valence-corrected chi connectivity index (χ4v) is 3.53. The number of aromatic amines is 1. The number of H-pyrrole nitrogens is 1. The van der Waals surface area contributed by atoms with Gasteiger partial charge in [-0.3, -0.25) is 5.10 Å². The van der Waals surface area contributed by atoms with E-state index in [9.17, 15) is 0 Å². The Hall–Kier alpha value is -3.13. The molecule has 0 bridgehead atoms. The first-order chi connectivity index (χ1) is 13.4. The molecule has 0 saturated carbocycles. The summed E-state index contributed by atoms with van der Waals surface area (Å²) >= 11 is 0. The molecule has 0 aliphatic carbocycles.